The van der Waals surface area contributed by atoms with Crippen LogP contribution in [0.5, 0.6) is 0 Å². The van der Waals surface area contributed by atoms with Crippen molar-refractivity contribution in [2.45, 2.75) is 69.5 Å². The molecule has 1 fully saturated rings. The Morgan fingerprint density at radius 3 is 2.41 bits per heavy atom. The second kappa shape index (κ2) is 7.10. The standard InChI is InChI=1S/C25H28N2O4S/c1-16-9-12-18(13-10-16)32(29,30)27-21-8-6-5-7-19(21)20-15-17-11-14-22(23(20)27)26(17)24(28)31-25(2,3)4/h5-10,12-13,17,22H,11,14-15H2,1-4H3. The van der Waals surface area contributed by atoms with Crippen LogP contribution in [-0.4, -0.2) is 35.0 Å². The van der Waals surface area contributed by atoms with Gasteiger partial charge >= 0.3 is 6.09 Å². The van der Waals surface area contributed by atoms with Crippen molar-refractivity contribution in [3.8, 4) is 0 Å². The van der Waals surface area contributed by atoms with Gasteiger partial charge in [-0.25, -0.2) is 17.2 Å². The summed E-state index contributed by atoms with van der Waals surface area (Å²) in [5.41, 5.74) is 2.78. The van der Waals surface area contributed by atoms with Gasteiger partial charge in [-0.1, -0.05) is 35.9 Å². The third-order valence-electron chi connectivity index (χ3n) is 6.40. The molecule has 2 atom stereocenters. The third-order valence-corrected chi connectivity index (χ3v) is 8.14. The summed E-state index contributed by atoms with van der Waals surface area (Å²) in [4.78, 5) is 15.1. The fraction of sp³-hybridized carbons (Fsp3) is 0.400. The summed E-state index contributed by atoms with van der Waals surface area (Å²) < 4.78 is 35.0. The normalized spacial score (nSPS) is 20.4. The number of rotatable bonds is 2. The van der Waals surface area contributed by atoms with Gasteiger partial charge in [0.15, 0.2) is 0 Å². The zero-order valence-electron chi connectivity index (χ0n) is 18.8. The molecule has 2 aliphatic rings. The van der Waals surface area contributed by atoms with Crippen LogP contribution in [0, 0.1) is 6.92 Å². The minimum absolute atomic E-state index is 0.0173. The van der Waals surface area contributed by atoms with Gasteiger partial charge in [-0.15, -0.1) is 0 Å². The molecule has 168 valence electrons. The minimum atomic E-state index is -3.85. The number of aryl methyl sites for hydroxylation is 1. The van der Waals surface area contributed by atoms with E-state index in [-0.39, 0.29) is 23.1 Å². The molecule has 0 saturated carbocycles. The fourth-order valence-electron chi connectivity index (χ4n) is 5.10. The van der Waals surface area contributed by atoms with Crippen LogP contribution >= 0.6 is 0 Å². The molecule has 1 saturated heterocycles. The van der Waals surface area contributed by atoms with Gasteiger partial charge < -0.3 is 4.74 Å². The van der Waals surface area contributed by atoms with Crippen LogP contribution in [0.4, 0.5) is 4.79 Å². The number of aromatic nitrogens is 1. The van der Waals surface area contributed by atoms with Gasteiger partial charge in [-0.2, -0.15) is 0 Å². The van der Waals surface area contributed by atoms with Crippen molar-refractivity contribution in [2.24, 2.45) is 0 Å². The van der Waals surface area contributed by atoms with Crippen molar-refractivity contribution >= 4 is 27.0 Å². The number of benzene rings is 2. The summed E-state index contributed by atoms with van der Waals surface area (Å²) in [6, 6.07) is 14.2. The second-order valence-corrected chi connectivity index (χ2v) is 11.6. The first-order valence-corrected chi connectivity index (χ1v) is 12.5. The van der Waals surface area contributed by atoms with E-state index in [4.69, 9.17) is 4.74 Å². The Hall–Kier alpha value is -2.80. The Balaban J connectivity index is 1.72. The maximum atomic E-state index is 13.9. The predicted molar refractivity (Wildman–Crippen MR) is 123 cm³/mol. The number of hydrogen-bond donors (Lipinski definition) is 0. The van der Waals surface area contributed by atoms with E-state index in [2.05, 4.69) is 0 Å². The monoisotopic (exact) mass is 452 g/mol. The first-order chi connectivity index (χ1) is 15.1. The molecule has 2 bridgehead atoms. The van der Waals surface area contributed by atoms with Crippen LogP contribution in [0.25, 0.3) is 10.9 Å². The van der Waals surface area contributed by atoms with Crippen LogP contribution in [-0.2, 0) is 21.2 Å². The van der Waals surface area contributed by atoms with E-state index in [1.54, 1.807) is 17.0 Å². The van der Waals surface area contributed by atoms with E-state index in [0.29, 0.717) is 17.6 Å². The quantitative estimate of drug-likeness (QED) is 0.537. The number of nitrogens with zero attached hydrogens (tertiary/aromatic N) is 2. The Kier molecular flexibility index (Phi) is 4.68. The van der Waals surface area contributed by atoms with Crippen LogP contribution in [0.3, 0.4) is 0 Å². The number of hydrogen-bond acceptors (Lipinski definition) is 4. The highest BCUT2D eigenvalue weighted by Gasteiger charge is 2.48. The summed E-state index contributed by atoms with van der Waals surface area (Å²) in [5.74, 6) is 0. The van der Waals surface area contributed by atoms with E-state index in [0.717, 1.165) is 29.4 Å². The highest BCUT2D eigenvalue weighted by Crippen LogP contribution is 2.48. The third kappa shape index (κ3) is 3.22. The van der Waals surface area contributed by atoms with E-state index >= 15 is 0 Å². The van der Waals surface area contributed by atoms with E-state index in [9.17, 15) is 13.2 Å². The molecule has 2 aromatic carbocycles. The van der Waals surface area contributed by atoms with Gasteiger partial charge in [0.25, 0.3) is 10.0 Å². The highest BCUT2D eigenvalue weighted by atomic mass is 32.2. The van der Waals surface area contributed by atoms with Crippen molar-refractivity contribution in [1.82, 2.24) is 8.87 Å². The number of carbonyl (C=O) groups is 1. The van der Waals surface area contributed by atoms with Crippen molar-refractivity contribution in [1.29, 1.82) is 0 Å². The second-order valence-electron chi connectivity index (χ2n) is 9.80. The van der Waals surface area contributed by atoms with Crippen LogP contribution < -0.4 is 0 Å². The van der Waals surface area contributed by atoms with E-state index < -0.39 is 15.6 Å². The lowest BCUT2D eigenvalue weighted by Gasteiger charge is -2.36. The molecule has 3 heterocycles. The molecule has 2 unspecified atom stereocenters. The van der Waals surface area contributed by atoms with Crippen molar-refractivity contribution in [2.75, 3.05) is 0 Å². The lowest BCUT2D eigenvalue weighted by molar-refractivity contribution is 0.0120. The van der Waals surface area contributed by atoms with Crippen molar-refractivity contribution in [3.63, 3.8) is 0 Å². The summed E-state index contributed by atoms with van der Waals surface area (Å²) in [5, 5.41) is 0.943. The summed E-state index contributed by atoms with van der Waals surface area (Å²) in [6.07, 6.45) is 1.80. The number of amides is 1. The summed E-state index contributed by atoms with van der Waals surface area (Å²) in [6.45, 7) is 7.48. The Morgan fingerprint density at radius 1 is 1.03 bits per heavy atom. The first-order valence-electron chi connectivity index (χ1n) is 11.0. The van der Waals surface area contributed by atoms with Gasteiger partial charge in [-0.05, 0) is 70.7 Å². The maximum absolute atomic E-state index is 13.9. The molecule has 0 radical (unpaired) electrons. The molecule has 2 aliphatic heterocycles. The molecule has 0 aliphatic carbocycles. The van der Waals surface area contributed by atoms with Crippen LogP contribution in [0.15, 0.2) is 53.4 Å². The SMILES string of the molecule is Cc1ccc(S(=O)(=O)n2c3c(c4ccccc42)CC2CCC3N2C(=O)OC(C)(C)C)cc1. The Labute approximate surface area is 188 Å². The molecule has 1 amide bonds. The zero-order valence-corrected chi connectivity index (χ0v) is 19.6. The molecular formula is C25H28N2O4S. The fourth-order valence-corrected chi connectivity index (χ4v) is 6.70. The molecule has 5 rings (SSSR count). The Bertz CT molecular complexity index is 1320. The number of carbonyl (C=O) groups excluding carboxylic acids is 1. The average molecular weight is 453 g/mol. The maximum Gasteiger partial charge on any atom is 0.411 e. The predicted octanol–water partition coefficient (Wildman–Crippen LogP) is 5.18. The van der Waals surface area contributed by atoms with Crippen LogP contribution in [0.1, 0.15) is 56.5 Å². The van der Waals surface area contributed by atoms with E-state index in [1.807, 2.05) is 64.1 Å². The molecule has 32 heavy (non-hydrogen) atoms. The Morgan fingerprint density at radius 2 is 1.72 bits per heavy atom. The number of ether oxygens (including phenoxy) is 1. The molecule has 0 spiro atoms. The van der Waals surface area contributed by atoms with Gasteiger partial charge in [0.05, 0.1) is 22.1 Å². The van der Waals surface area contributed by atoms with Gasteiger partial charge in [0.2, 0.25) is 0 Å². The molecule has 0 N–H and O–H groups in total. The molecular weight excluding hydrogens is 424 g/mol. The number of para-hydroxylation sites is 1. The smallest absolute Gasteiger partial charge is 0.411 e. The average Bonchev–Trinajstić information content (AvgIpc) is 3.22. The number of fused-ring (bicyclic) bond motifs is 6. The first kappa shape index (κ1) is 21.1. The topological polar surface area (TPSA) is 68.6 Å². The van der Waals surface area contributed by atoms with Crippen molar-refractivity contribution < 1.29 is 17.9 Å². The molecule has 3 aromatic rings. The lowest BCUT2D eigenvalue weighted by Crippen LogP contribution is -2.45. The lowest BCUT2D eigenvalue weighted by atomic mass is 9.97. The van der Waals surface area contributed by atoms with Gasteiger partial charge in [0.1, 0.15) is 5.60 Å². The minimum Gasteiger partial charge on any atom is -0.444 e. The molecule has 7 heteroatoms. The van der Waals surface area contributed by atoms with Gasteiger partial charge in [0, 0.05) is 11.4 Å². The summed E-state index contributed by atoms with van der Waals surface area (Å²) in [7, 11) is -3.85. The molecule has 6 nitrogen and oxygen atoms in total. The van der Waals surface area contributed by atoms with Gasteiger partial charge in [-0.3, -0.25) is 4.90 Å². The molecule has 1 aromatic heterocycles. The zero-order chi connectivity index (χ0) is 22.8. The van der Waals surface area contributed by atoms with Crippen LogP contribution in [0.2, 0.25) is 0 Å². The largest absolute Gasteiger partial charge is 0.444 e. The van der Waals surface area contributed by atoms with Crippen molar-refractivity contribution in [3.05, 3.63) is 65.4 Å². The summed E-state index contributed by atoms with van der Waals surface area (Å²) >= 11 is 0. The highest BCUT2D eigenvalue weighted by molar-refractivity contribution is 7.90. The van der Waals surface area contributed by atoms with E-state index in [1.165, 1.54) is 3.97 Å².